The molecule has 4 nitrogen and oxygen atoms in total. The SMILES string of the molecule is C=CCn1c(COc2ccc(Cl)c(C)c2)nnc1SCc1ccc(C)cc1. The van der Waals surface area contributed by atoms with E-state index in [1.807, 2.05) is 35.8 Å². The Morgan fingerprint density at radius 1 is 1.15 bits per heavy atom. The molecule has 0 saturated heterocycles. The molecule has 1 aromatic heterocycles. The third kappa shape index (κ3) is 5.15. The molecule has 1 heterocycles. The van der Waals surface area contributed by atoms with Gasteiger partial charge < -0.3 is 4.74 Å². The van der Waals surface area contributed by atoms with Crippen LogP contribution in [0.25, 0.3) is 0 Å². The highest BCUT2D eigenvalue weighted by Crippen LogP contribution is 2.24. The van der Waals surface area contributed by atoms with Crippen molar-refractivity contribution in [2.24, 2.45) is 0 Å². The number of ether oxygens (including phenoxy) is 1. The molecule has 0 aliphatic carbocycles. The molecule has 0 aliphatic heterocycles. The lowest BCUT2D eigenvalue weighted by molar-refractivity contribution is 0.289. The molecule has 0 amide bonds. The zero-order chi connectivity index (χ0) is 19.2. The first-order valence-corrected chi connectivity index (χ1v) is 10.0. The highest BCUT2D eigenvalue weighted by Gasteiger charge is 2.13. The fourth-order valence-corrected chi connectivity index (χ4v) is 3.57. The molecule has 0 N–H and O–H groups in total. The standard InChI is InChI=1S/C21H22ClN3OS/c1-4-11-25-20(13-26-18-9-10-19(22)16(3)12-18)23-24-21(25)27-14-17-7-5-15(2)6-8-17/h4-10,12H,1,11,13-14H2,2-3H3. The number of benzene rings is 2. The Hall–Kier alpha value is -2.24. The molecule has 0 unspecified atom stereocenters. The minimum absolute atomic E-state index is 0.340. The number of rotatable bonds is 8. The fraction of sp³-hybridized carbons (Fsp3) is 0.238. The largest absolute Gasteiger partial charge is 0.486 e. The summed E-state index contributed by atoms with van der Waals surface area (Å²) in [5, 5.41) is 10.2. The second kappa shape index (κ2) is 9.11. The van der Waals surface area contributed by atoms with Crippen molar-refractivity contribution in [3.63, 3.8) is 0 Å². The molecule has 27 heavy (non-hydrogen) atoms. The van der Waals surface area contributed by atoms with Crippen LogP contribution in [-0.4, -0.2) is 14.8 Å². The number of aromatic nitrogens is 3. The van der Waals surface area contributed by atoms with Crippen molar-refractivity contribution in [1.82, 2.24) is 14.8 Å². The second-order valence-corrected chi connectivity index (χ2v) is 7.62. The topological polar surface area (TPSA) is 39.9 Å². The molecule has 140 valence electrons. The number of hydrogen-bond donors (Lipinski definition) is 0. The first kappa shape index (κ1) is 19.5. The first-order valence-electron chi connectivity index (χ1n) is 8.67. The summed E-state index contributed by atoms with van der Waals surface area (Å²) in [6, 6.07) is 14.1. The molecule has 0 spiro atoms. The Morgan fingerprint density at radius 3 is 2.63 bits per heavy atom. The average Bonchev–Trinajstić information content (AvgIpc) is 3.04. The van der Waals surface area contributed by atoms with E-state index in [9.17, 15) is 0 Å². The van der Waals surface area contributed by atoms with Gasteiger partial charge in [-0.2, -0.15) is 0 Å². The summed E-state index contributed by atoms with van der Waals surface area (Å²) >= 11 is 7.73. The van der Waals surface area contributed by atoms with Gasteiger partial charge in [0.1, 0.15) is 12.4 Å². The van der Waals surface area contributed by atoms with Gasteiger partial charge in [-0.15, -0.1) is 16.8 Å². The van der Waals surface area contributed by atoms with Gasteiger partial charge in [0.25, 0.3) is 0 Å². The third-order valence-corrected chi connectivity index (χ3v) is 5.55. The van der Waals surface area contributed by atoms with Gasteiger partial charge in [0.15, 0.2) is 11.0 Å². The van der Waals surface area contributed by atoms with Crippen molar-refractivity contribution in [3.8, 4) is 5.75 Å². The van der Waals surface area contributed by atoms with Crippen LogP contribution in [0.2, 0.25) is 5.02 Å². The van der Waals surface area contributed by atoms with E-state index in [0.717, 1.165) is 33.1 Å². The minimum Gasteiger partial charge on any atom is -0.486 e. The number of hydrogen-bond acceptors (Lipinski definition) is 4. The summed E-state index contributed by atoms with van der Waals surface area (Å²) in [5.74, 6) is 2.38. The molecule has 0 radical (unpaired) electrons. The van der Waals surface area contributed by atoms with E-state index in [4.69, 9.17) is 16.3 Å². The summed E-state index contributed by atoms with van der Waals surface area (Å²) in [6.07, 6.45) is 1.84. The maximum absolute atomic E-state index is 6.07. The van der Waals surface area contributed by atoms with Crippen LogP contribution < -0.4 is 4.74 Å². The maximum Gasteiger partial charge on any atom is 0.191 e. The van der Waals surface area contributed by atoms with Crippen molar-refractivity contribution < 1.29 is 4.74 Å². The van der Waals surface area contributed by atoms with Crippen LogP contribution >= 0.6 is 23.4 Å². The fourth-order valence-electron chi connectivity index (χ4n) is 2.53. The lowest BCUT2D eigenvalue weighted by atomic mass is 10.2. The van der Waals surface area contributed by atoms with Crippen LogP contribution in [0.1, 0.15) is 22.5 Å². The summed E-state index contributed by atoms with van der Waals surface area (Å²) in [5.41, 5.74) is 3.50. The van der Waals surface area contributed by atoms with Crippen LogP contribution in [0.5, 0.6) is 5.75 Å². The van der Waals surface area contributed by atoms with Gasteiger partial charge >= 0.3 is 0 Å². The van der Waals surface area contributed by atoms with Gasteiger partial charge in [-0.25, -0.2) is 0 Å². The Kier molecular flexibility index (Phi) is 6.58. The van der Waals surface area contributed by atoms with Gasteiger partial charge in [0.2, 0.25) is 0 Å². The third-order valence-electron chi connectivity index (χ3n) is 4.09. The van der Waals surface area contributed by atoms with Crippen molar-refractivity contribution in [1.29, 1.82) is 0 Å². The number of halogens is 1. The minimum atomic E-state index is 0.340. The van der Waals surface area contributed by atoms with E-state index in [1.54, 1.807) is 11.8 Å². The lowest BCUT2D eigenvalue weighted by Gasteiger charge is -2.10. The molecule has 0 fully saturated rings. The Bertz CT molecular complexity index is 922. The zero-order valence-electron chi connectivity index (χ0n) is 15.5. The Morgan fingerprint density at radius 2 is 1.93 bits per heavy atom. The lowest BCUT2D eigenvalue weighted by Crippen LogP contribution is -2.07. The van der Waals surface area contributed by atoms with Crippen LogP contribution in [0.4, 0.5) is 0 Å². The molecule has 6 heteroatoms. The smallest absolute Gasteiger partial charge is 0.191 e. The van der Waals surface area contributed by atoms with E-state index >= 15 is 0 Å². The van der Waals surface area contributed by atoms with Gasteiger partial charge in [-0.1, -0.05) is 59.3 Å². The van der Waals surface area contributed by atoms with E-state index < -0.39 is 0 Å². The Balaban J connectivity index is 1.69. The summed E-state index contributed by atoms with van der Waals surface area (Å²) in [7, 11) is 0. The van der Waals surface area contributed by atoms with Gasteiger partial charge in [0.05, 0.1) is 0 Å². The van der Waals surface area contributed by atoms with Crippen LogP contribution in [0.3, 0.4) is 0 Å². The van der Waals surface area contributed by atoms with Crippen molar-refractivity contribution in [2.75, 3.05) is 0 Å². The Labute approximate surface area is 169 Å². The van der Waals surface area contributed by atoms with Crippen molar-refractivity contribution in [2.45, 2.75) is 37.9 Å². The number of thioether (sulfide) groups is 1. The summed E-state index contributed by atoms with van der Waals surface area (Å²) in [6.45, 7) is 8.87. The average molecular weight is 400 g/mol. The molecular weight excluding hydrogens is 378 g/mol. The molecule has 2 aromatic carbocycles. The predicted octanol–water partition coefficient (Wildman–Crippen LogP) is 5.61. The quantitative estimate of drug-likeness (QED) is 0.365. The normalized spacial score (nSPS) is 10.8. The van der Waals surface area contributed by atoms with Gasteiger partial charge in [-0.05, 0) is 43.2 Å². The first-order chi connectivity index (χ1) is 13.1. The van der Waals surface area contributed by atoms with Crippen molar-refractivity contribution in [3.05, 3.63) is 82.7 Å². The molecular formula is C21H22ClN3OS. The van der Waals surface area contributed by atoms with Gasteiger partial charge in [-0.3, -0.25) is 4.57 Å². The number of nitrogens with zero attached hydrogens (tertiary/aromatic N) is 3. The highest BCUT2D eigenvalue weighted by atomic mass is 35.5. The second-order valence-electron chi connectivity index (χ2n) is 6.27. The summed E-state index contributed by atoms with van der Waals surface area (Å²) in [4.78, 5) is 0. The molecule has 0 saturated carbocycles. The van der Waals surface area contributed by atoms with E-state index in [2.05, 4.69) is 48.0 Å². The molecule has 0 atom stereocenters. The van der Waals surface area contributed by atoms with E-state index in [-0.39, 0.29) is 0 Å². The molecule has 3 rings (SSSR count). The summed E-state index contributed by atoms with van der Waals surface area (Å²) < 4.78 is 7.91. The predicted molar refractivity (Wildman–Crippen MR) is 111 cm³/mol. The number of aryl methyl sites for hydroxylation is 2. The van der Waals surface area contributed by atoms with E-state index in [0.29, 0.717) is 13.2 Å². The van der Waals surface area contributed by atoms with Gasteiger partial charge in [0, 0.05) is 17.3 Å². The highest BCUT2D eigenvalue weighted by molar-refractivity contribution is 7.98. The van der Waals surface area contributed by atoms with Crippen LogP contribution in [0.15, 0.2) is 60.3 Å². The van der Waals surface area contributed by atoms with Crippen LogP contribution in [-0.2, 0) is 18.9 Å². The van der Waals surface area contributed by atoms with Crippen LogP contribution in [0, 0.1) is 13.8 Å². The number of allylic oxidation sites excluding steroid dienone is 1. The monoisotopic (exact) mass is 399 g/mol. The maximum atomic E-state index is 6.07. The molecule has 0 bridgehead atoms. The van der Waals surface area contributed by atoms with E-state index in [1.165, 1.54) is 11.1 Å². The van der Waals surface area contributed by atoms with Crippen molar-refractivity contribution >= 4 is 23.4 Å². The zero-order valence-corrected chi connectivity index (χ0v) is 17.1. The molecule has 3 aromatic rings. The molecule has 0 aliphatic rings.